The van der Waals surface area contributed by atoms with Crippen molar-refractivity contribution in [3.05, 3.63) is 61.3 Å². The van der Waals surface area contributed by atoms with Crippen LogP contribution in [0, 0.1) is 0 Å². The van der Waals surface area contributed by atoms with Crippen LogP contribution in [0.1, 0.15) is 19.4 Å². The molecule has 1 aromatic carbocycles. The molecule has 0 saturated heterocycles. The molecule has 80 valence electrons. The zero-order valence-corrected chi connectivity index (χ0v) is 9.61. The first kappa shape index (κ1) is 11.6. The molecule has 0 bridgehead atoms. The Kier molecular flexibility index (Phi) is 3.73. The molecule has 0 spiro atoms. The summed E-state index contributed by atoms with van der Waals surface area (Å²) in [5, 5.41) is 0. The Balaban J connectivity index is 2.79. The average molecular weight is 201 g/mol. The molecular weight excluding hydrogens is 182 g/mol. The maximum absolute atomic E-state index is 3.85. The van der Waals surface area contributed by atoms with Gasteiger partial charge in [0.25, 0.3) is 0 Å². The minimum atomic E-state index is -0.0579. The van der Waals surface area contributed by atoms with Crippen LogP contribution in [-0.4, -0.2) is 10.4 Å². The van der Waals surface area contributed by atoms with Gasteiger partial charge in [-0.05, 0) is 25.6 Å². The molecule has 0 unspecified atom stereocenters. The van der Waals surface area contributed by atoms with Crippen molar-refractivity contribution in [3.8, 4) is 0 Å². The van der Waals surface area contributed by atoms with Crippen LogP contribution in [0.3, 0.4) is 0 Å². The predicted octanol–water partition coefficient (Wildman–Crippen LogP) is 3.60. The van der Waals surface area contributed by atoms with Gasteiger partial charge in [-0.25, -0.2) is 0 Å². The van der Waals surface area contributed by atoms with Gasteiger partial charge in [-0.3, -0.25) is 0 Å². The monoisotopic (exact) mass is 201 g/mol. The van der Waals surface area contributed by atoms with Crippen molar-refractivity contribution in [1.29, 1.82) is 0 Å². The highest BCUT2D eigenvalue weighted by molar-refractivity contribution is 5.16. The highest BCUT2D eigenvalue weighted by atomic mass is 15.2. The maximum atomic E-state index is 3.85. The summed E-state index contributed by atoms with van der Waals surface area (Å²) >= 11 is 0. The summed E-state index contributed by atoms with van der Waals surface area (Å²) < 4.78 is 0. The summed E-state index contributed by atoms with van der Waals surface area (Å²) in [5.74, 6) is 0. The number of hydrogen-bond donors (Lipinski definition) is 0. The van der Waals surface area contributed by atoms with Crippen molar-refractivity contribution in [2.45, 2.75) is 25.9 Å². The van der Waals surface area contributed by atoms with Gasteiger partial charge >= 0.3 is 0 Å². The molecule has 0 aliphatic heterocycles. The highest BCUT2D eigenvalue weighted by Gasteiger charge is 2.19. The van der Waals surface area contributed by atoms with Gasteiger partial charge in [0.2, 0.25) is 0 Å². The lowest BCUT2D eigenvalue weighted by Gasteiger charge is -2.35. The highest BCUT2D eigenvalue weighted by Crippen LogP contribution is 2.18. The van der Waals surface area contributed by atoms with E-state index in [-0.39, 0.29) is 5.54 Å². The van der Waals surface area contributed by atoms with Crippen molar-refractivity contribution in [1.82, 2.24) is 4.90 Å². The van der Waals surface area contributed by atoms with Crippen LogP contribution in [0.25, 0.3) is 0 Å². The zero-order valence-electron chi connectivity index (χ0n) is 9.61. The maximum Gasteiger partial charge on any atom is 0.0523 e. The zero-order chi connectivity index (χ0) is 11.3. The lowest BCUT2D eigenvalue weighted by molar-refractivity contribution is 0.229. The van der Waals surface area contributed by atoms with E-state index in [1.165, 1.54) is 5.56 Å². The van der Waals surface area contributed by atoms with E-state index in [1.807, 2.05) is 18.3 Å². The summed E-state index contributed by atoms with van der Waals surface area (Å²) in [5.41, 5.74) is 1.23. The summed E-state index contributed by atoms with van der Waals surface area (Å²) in [7, 11) is 0. The van der Waals surface area contributed by atoms with E-state index in [1.54, 1.807) is 0 Å². The van der Waals surface area contributed by atoms with E-state index in [0.29, 0.717) is 0 Å². The summed E-state index contributed by atoms with van der Waals surface area (Å²) in [6.45, 7) is 12.8. The fourth-order valence-corrected chi connectivity index (χ4v) is 1.40. The molecule has 15 heavy (non-hydrogen) atoms. The van der Waals surface area contributed by atoms with E-state index < -0.39 is 0 Å². The molecule has 1 heteroatoms. The summed E-state index contributed by atoms with van der Waals surface area (Å²) in [4.78, 5) is 2.18. The predicted molar refractivity (Wildman–Crippen MR) is 66.5 cm³/mol. The number of benzene rings is 1. The average Bonchev–Trinajstić information content (AvgIpc) is 2.27. The van der Waals surface area contributed by atoms with Crippen LogP contribution in [0.2, 0.25) is 0 Å². The van der Waals surface area contributed by atoms with Gasteiger partial charge in [-0.2, -0.15) is 0 Å². The van der Waals surface area contributed by atoms with Crippen LogP contribution in [-0.2, 0) is 6.54 Å². The minimum absolute atomic E-state index is 0.0579. The fraction of sp³-hybridized carbons (Fsp3) is 0.286. The lowest BCUT2D eigenvalue weighted by atomic mass is 10.0. The van der Waals surface area contributed by atoms with Gasteiger partial charge < -0.3 is 4.90 Å². The van der Waals surface area contributed by atoms with Crippen molar-refractivity contribution in [3.63, 3.8) is 0 Å². The van der Waals surface area contributed by atoms with Crippen LogP contribution >= 0.6 is 0 Å². The van der Waals surface area contributed by atoms with Crippen molar-refractivity contribution < 1.29 is 0 Å². The van der Waals surface area contributed by atoms with Gasteiger partial charge in [-0.15, -0.1) is 6.58 Å². The molecule has 0 amide bonds. The SMILES string of the molecule is C=CN(Cc1ccccc1)C(C)(C)C=C. The van der Waals surface area contributed by atoms with Gasteiger partial charge in [-0.1, -0.05) is 43.0 Å². The van der Waals surface area contributed by atoms with Crippen molar-refractivity contribution in [2.75, 3.05) is 0 Å². The first-order valence-corrected chi connectivity index (χ1v) is 5.17. The first-order chi connectivity index (χ1) is 7.10. The second-order valence-electron chi connectivity index (χ2n) is 4.15. The van der Waals surface area contributed by atoms with Crippen LogP contribution in [0.15, 0.2) is 55.8 Å². The van der Waals surface area contributed by atoms with Gasteiger partial charge in [0.05, 0.1) is 5.54 Å². The largest absolute Gasteiger partial charge is 0.365 e. The van der Waals surface area contributed by atoms with Crippen LogP contribution < -0.4 is 0 Å². The Morgan fingerprint density at radius 1 is 1.20 bits per heavy atom. The molecule has 0 saturated carbocycles. The van der Waals surface area contributed by atoms with E-state index in [9.17, 15) is 0 Å². The van der Waals surface area contributed by atoms with Gasteiger partial charge in [0.1, 0.15) is 0 Å². The third kappa shape index (κ3) is 2.98. The number of nitrogens with zero attached hydrogens (tertiary/aromatic N) is 1. The molecule has 0 aromatic heterocycles. The molecule has 1 nitrogen and oxygen atoms in total. The quantitative estimate of drug-likeness (QED) is 0.658. The fourth-order valence-electron chi connectivity index (χ4n) is 1.40. The molecule has 1 aromatic rings. The molecule has 0 heterocycles. The number of hydrogen-bond acceptors (Lipinski definition) is 1. The molecule has 0 radical (unpaired) electrons. The van der Waals surface area contributed by atoms with E-state index in [0.717, 1.165) is 6.54 Å². The molecule has 0 aliphatic carbocycles. The minimum Gasteiger partial charge on any atom is -0.365 e. The second-order valence-corrected chi connectivity index (χ2v) is 4.15. The van der Waals surface area contributed by atoms with Crippen LogP contribution in [0.4, 0.5) is 0 Å². The molecule has 0 aliphatic rings. The van der Waals surface area contributed by atoms with Gasteiger partial charge in [0, 0.05) is 6.54 Å². The van der Waals surface area contributed by atoms with Crippen molar-refractivity contribution in [2.24, 2.45) is 0 Å². The third-order valence-corrected chi connectivity index (χ3v) is 2.66. The Labute approximate surface area is 92.7 Å². The van der Waals surface area contributed by atoms with Crippen LogP contribution in [0.5, 0.6) is 0 Å². The van der Waals surface area contributed by atoms with Gasteiger partial charge in [0.15, 0.2) is 0 Å². The Morgan fingerprint density at radius 3 is 2.27 bits per heavy atom. The van der Waals surface area contributed by atoms with E-state index in [2.05, 4.69) is 56.2 Å². The van der Waals surface area contributed by atoms with E-state index in [4.69, 9.17) is 0 Å². The summed E-state index contributed by atoms with van der Waals surface area (Å²) in [6.07, 6.45) is 3.81. The molecule has 1 rings (SSSR count). The second kappa shape index (κ2) is 4.83. The normalized spacial score (nSPS) is 10.8. The Morgan fingerprint density at radius 2 is 1.80 bits per heavy atom. The van der Waals surface area contributed by atoms with Crippen molar-refractivity contribution >= 4 is 0 Å². The smallest absolute Gasteiger partial charge is 0.0523 e. The Bertz CT molecular complexity index is 324. The lowest BCUT2D eigenvalue weighted by Crippen LogP contribution is -2.37. The molecule has 0 N–H and O–H groups in total. The molecule has 0 fully saturated rings. The standard InChI is InChI=1S/C14H19N/c1-5-14(3,4)15(6-2)12-13-10-8-7-9-11-13/h5-11H,1-2,12H2,3-4H3. The topological polar surface area (TPSA) is 3.24 Å². The molecular formula is C14H19N. The molecule has 0 atom stereocenters. The third-order valence-electron chi connectivity index (χ3n) is 2.66. The van der Waals surface area contributed by atoms with E-state index >= 15 is 0 Å². The number of rotatable bonds is 5. The summed E-state index contributed by atoms with van der Waals surface area (Å²) in [6, 6.07) is 10.4. The Hall–Kier alpha value is -1.50. The first-order valence-electron chi connectivity index (χ1n) is 5.17.